The monoisotopic (exact) mass is 406 g/mol. The zero-order valence-electron chi connectivity index (χ0n) is 16.8. The molecule has 1 atom stereocenters. The maximum atomic E-state index is 12.6. The minimum absolute atomic E-state index is 0.331. The van der Waals surface area contributed by atoms with Crippen molar-refractivity contribution >= 4 is 23.4 Å². The van der Waals surface area contributed by atoms with Crippen molar-refractivity contribution in [3.05, 3.63) is 65.6 Å². The molecule has 3 heterocycles. The third-order valence-electron chi connectivity index (χ3n) is 5.07. The maximum Gasteiger partial charge on any atom is 0.262 e. The van der Waals surface area contributed by atoms with E-state index in [1.165, 1.54) is 0 Å². The number of imidazole rings is 1. The number of carbonyl (C=O) groups excluding carboxylic acids is 3. The van der Waals surface area contributed by atoms with Gasteiger partial charge in [0.15, 0.2) is 11.4 Å². The summed E-state index contributed by atoms with van der Waals surface area (Å²) in [6.07, 6.45) is 4.28. The van der Waals surface area contributed by atoms with Gasteiger partial charge in [0.05, 0.1) is 23.4 Å². The molecule has 0 saturated carbocycles. The summed E-state index contributed by atoms with van der Waals surface area (Å²) in [6.45, 7) is 4.35. The van der Waals surface area contributed by atoms with E-state index < -0.39 is 17.9 Å². The van der Waals surface area contributed by atoms with Crippen LogP contribution in [0.5, 0.6) is 5.75 Å². The van der Waals surface area contributed by atoms with Gasteiger partial charge in [-0.05, 0) is 38.1 Å². The summed E-state index contributed by atoms with van der Waals surface area (Å²) in [5, 5.41) is 2.79. The van der Waals surface area contributed by atoms with Gasteiger partial charge in [-0.3, -0.25) is 19.3 Å². The van der Waals surface area contributed by atoms with Gasteiger partial charge in [0.1, 0.15) is 6.04 Å². The highest BCUT2D eigenvalue weighted by Gasteiger charge is 2.40. The molecule has 1 aliphatic rings. The summed E-state index contributed by atoms with van der Waals surface area (Å²) < 4.78 is 7.47. The van der Waals surface area contributed by atoms with Crippen molar-refractivity contribution in [3.63, 3.8) is 0 Å². The smallest absolute Gasteiger partial charge is 0.262 e. The highest BCUT2D eigenvalue weighted by atomic mass is 16.5. The van der Waals surface area contributed by atoms with E-state index >= 15 is 0 Å². The number of carbonyl (C=O) groups is 3. The van der Waals surface area contributed by atoms with Crippen LogP contribution in [0.25, 0.3) is 5.65 Å². The second-order valence-electron chi connectivity index (χ2n) is 7.01. The number of amides is 3. The van der Waals surface area contributed by atoms with Crippen molar-refractivity contribution in [3.8, 4) is 5.75 Å². The topological polar surface area (TPSA) is 93.0 Å². The Labute approximate surface area is 173 Å². The molecule has 3 aromatic rings. The van der Waals surface area contributed by atoms with Gasteiger partial charge in [-0.1, -0.05) is 12.1 Å². The van der Waals surface area contributed by atoms with Crippen LogP contribution in [0, 0.1) is 0 Å². The summed E-state index contributed by atoms with van der Waals surface area (Å²) in [5.74, 6) is -0.568. The minimum Gasteiger partial charge on any atom is -0.490 e. The molecule has 3 amide bonds. The predicted molar refractivity (Wildman–Crippen MR) is 109 cm³/mol. The van der Waals surface area contributed by atoms with Crippen molar-refractivity contribution in [2.45, 2.75) is 26.3 Å². The number of rotatable bonds is 7. The van der Waals surface area contributed by atoms with E-state index in [2.05, 4.69) is 10.3 Å². The third-order valence-corrected chi connectivity index (χ3v) is 5.07. The molecule has 1 unspecified atom stereocenters. The number of hydrogen-bond donors (Lipinski definition) is 1. The first-order valence-electron chi connectivity index (χ1n) is 9.85. The number of pyridine rings is 1. The largest absolute Gasteiger partial charge is 0.490 e. The SMILES string of the molecule is CCOc1cccn2cc(CCNC(=O)C(C)N3C(=O)c4ccccc4C3=O)nc12. The fourth-order valence-electron chi connectivity index (χ4n) is 3.56. The summed E-state index contributed by atoms with van der Waals surface area (Å²) in [4.78, 5) is 43.2. The molecule has 8 heteroatoms. The molecule has 1 aromatic carbocycles. The van der Waals surface area contributed by atoms with Crippen LogP contribution in [0.15, 0.2) is 48.8 Å². The van der Waals surface area contributed by atoms with Crippen LogP contribution >= 0.6 is 0 Å². The van der Waals surface area contributed by atoms with Crippen LogP contribution in [-0.4, -0.2) is 51.2 Å². The number of benzene rings is 1. The number of imide groups is 1. The first kappa shape index (κ1) is 19.6. The van der Waals surface area contributed by atoms with Gasteiger partial charge in [0.2, 0.25) is 5.91 Å². The number of nitrogens with one attached hydrogen (secondary N) is 1. The molecule has 8 nitrogen and oxygen atoms in total. The van der Waals surface area contributed by atoms with Crippen molar-refractivity contribution in [2.24, 2.45) is 0 Å². The lowest BCUT2D eigenvalue weighted by Crippen LogP contribution is -2.48. The average Bonchev–Trinajstić information content (AvgIpc) is 3.27. The molecule has 0 bridgehead atoms. The van der Waals surface area contributed by atoms with Crippen molar-refractivity contribution in [1.82, 2.24) is 19.6 Å². The standard InChI is InChI=1S/C22H22N4O4/c1-3-30-18-9-6-12-25-13-15(24-19(18)25)10-11-23-20(27)14(2)26-21(28)16-7-4-5-8-17(16)22(26)29/h4-9,12-14H,3,10-11H2,1-2H3,(H,23,27). The molecule has 30 heavy (non-hydrogen) atoms. The van der Waals surface area contributed by atoms with Gasteiger partial charge in [-0.15, -0.1) is 0 Å². The summed E-state index contributed by atoms with van der Waals surface area (Å²) in [5.41, 5.74) is 2.19. The molecule has 0 fully saturated rings. The Kier molecular flexibility index (Phi) is 5.22. The van der Waals surface area contributed by atoms with E-state index in [1.807, 2.05) is 35.9 Å². The molecular formula is C22H22N4O4. The highest BCUT2D eigenvalue weighted by Crippen LogP contribution is 2.24. The van der Waals surface area contributed by atoms with Gasteiger partial charge in [-0.25, -0.2) is 4.98 Å². The summed E-state index contributed by atoms with van der Waals surface area (Å²) >= 11 is 0. The van der Waals surface area contributed by atoms with Crippen molar-refractivity contribution in [2.75, 3.05) is 13.2 Å². The Balaban J connectivity index is 1.38. The first-order chi connectivity index (χ1) is 14.5. The maximum absolute atomic E-state index is 12.6. The lowest BCUT2D eigenvalue weighted by atomic mass is 10.1. The van der Waals surface area contributed by atoms with Crippen LogP contribution in [0.3, 0.4) is 0 Å². The fraction of sp³-hybridized carbons (Fsp3) is 0.273. The van der Waals surface area contributed by atoms with Crippen molar-refractivity contribution < 1.29 is 19.1 Å². The number of fused-ring (bicyclic) bond motifs is 2. The van der Waals surface area contributed by atoms with Gasteiger partial charge in [0, 0.05) is 25.4 Å². The number of nitrogens with zero attached hydrogens (tertiary/aromatic N) is 3. The van der Waals surface area contributed by atoms with Gasteiger partial charge < -0.3 is 14.5 Å². The van der Waals surface area contributed by atoms with Crippen LogP contribution in [-0.2, 0) is 11.2 Å². The zero-order chi connectivity index (χ0) is 21.3. The third kappa shape index (κ3) is 3.41. The van der Waals surface area contributed by atoms with E-state index in [4.69, 9.17) is 4.74 Å². The molecule has 0 aliphatic carbocycles. The Bertz CT molecular complexity index is 1100. The van der Waals surface area contributed by atoms with Crippen LogP contribution in [0.1, 0.15) is 40.3 Å². The van der Waals surface area contributed by atoms with Crippen LogP contribution in [0.4, 0.5) is 0 Å². The quantitative estimate of drug-likeness (QED) is 0.607. The van der Waals surface area contributed by atoms with E-state index in [-0.39, 0.29) is 5.91 Å². The van der Waals surface area contributed by atoms with Crippen LogP contribution in [0.2, 0.25) is 0 Å². The molecular weight excluding hydrogens is 384 g/mol. The summed E-state index contributed by atoms with van der Waals surface area (Å²) in [7, 11) is 0. The predicted octanol–water partition coefficient (Wildman–Crippen LogP) is 2.08. The Hall–Kier alpha value is -3.68. The zero-order valence-corrected chi connectivity index (χ0v) is 16.8. The van der Waals surface area contributed by atoms with Crippen LogP contribution < -0.4 is 10.1 Å². The highest BCUT2D eigenvalue weighted by molar-refractivity contribution is 6.22. The second-order valence-corrected chi connectivity index (χ2v) is 7.01. The molecule has 0 saturated heterocycles. The molecule has 0 radical (unpaired) electrons. The average molecular weight is 406 g/mol. The minimum atomic E-state index is -0.900. The fourth-order valence-corrected chi connectivity index (χ4v) is 3.56. The summed E-state index contributed by atoms with van der Waals surface area (Å²) in [6, 6.07) is 9.44. The molecule has 1 aliphatic heterocycles. The molecule has 4 rings (SSSR count). The molecule has 1 N–H and O–H groups in total. The van der Waals surface area contributed by atoms with Gasteiger partial charge in [0.25, 0.3) is 11.8 Å². The van der Waals surface area contributed by atoms with E-state index in [1.54, 1.807) is 31.2 Å². The number of hydrogen-bond acceptors (Lipinski definition) is 5. The van der Waals surface area contributed by atoms with E-state index in [0.29, 0.717) is 36.4 Å². The Morgan fingerprint density at radius 3 is 2.50 bits per heavy atom. The van der Waals surface area contributed by atoms with Crippen molar-refractivity contribution in [1.29, 1.82) is 0 Å². The number of ether oxygens (including phenoxy) is 1. The van der Waals surface area contributed by atoms with Gasteiger partial charge >= 0.3 is 0 Å². The Morgan fingerprint density at radius 1 is 1.13 bits per heavy atom. The lowest BCUT2D eigenvalue weighted by molar-refractivity contribution is -0.124. The first-order valence-corrected chi connectivity index (χ1v) is 9.85. The lowest BCUT2D eigenvalue weighted by Gasteiger charge is -2.21. The molecule has 2 aromatic heterocycles. The normalized spacial score (nSPS) is 14.1. The second kappa shape index (κ2) is 7.98. The Morgan fingerprint density at radius 2 is 1.83 bits per heavy atom. The van der Waals surface area contributed by atoms with E-state index in [0.717, 1.165) is 16.2 Å². The number of aromatic nitrogens is 2. The molecule has 154 valence electrons. The molecule has 0 spiro atoms. The van der Waals surface area contributed by atoms with E-state index in [9.17, 15) is 14.4 Å². The van der Waals surface area contributed by atoms with Gasteiger partial charge in [-0.2, -0.15) is 0 Å².